The van der Waals surface area contributed by atoms with Gasteiger partial charge in [-0.1, -0.05) is 235 Å². The topological polar surface area (TPSA) is 90.0 Å². The van der Waals surface area contributed by atoms with Crippen molar-refractivity contribution in [1.82, 2.24) is 0 Å². The monoisotopic (exact) mass is 1740 g/mol. The van der Waals surface area contributed by atoms with Crippen LogP contribution in [0.5, 0.6) is 46.0 Å². The molecular formula is C119H97N3O7S2. The minimum absolute atomic E-state index is 0.0715. The van der Waals surface area contributed by atoms with E-state index in [1.165, 1.54) is 25.1 Å². The zero-order valence-electron chi connectivity index (χ0n) is 75.5. The molecule has 0 aromatic heterocycles. The van der Waals surface area contributed by atoms with E-state index in [2.05, 4.69) is 365 Å². The minimum Gasteiger partial charge on any atom is -0.457 e. The molecule has 0 spiro atoms. The van der Waals surface area contributed by atoms with Gasteiger partial charge in [-0.25, -0.2) is 9.59 Å². The van der Waals surface area contributed by atoms with Gasteiger partial charge in [-0.3, -0.25) is 0 Å². The van der Waals surface area contributed by atoms with E-state index in [0.29, 0.717) is 67.5 Å². The maximum absolute atomic E-state index is 14.8. The van der Waals surface area contributed by atoms with Gasteiger partial charge in [0, 0.05) is 91.5 Å². The number of esters is 2. The standard InChI is InChI=1S/C119H97N3O7S2/c1-69(2)62-72(7)74-32-48-82(49-33-74)126-99-64-91-108-92(116(124)129-115(91)123)65-100(127-85-52-36-76(37-53-85)118(12,13)67-71(5)6)112-90-59-57-88-106-87(56-58-89(107(90)106)111(99)114(108)112)109-98(125-84-54-38-77(39-55-84)119(14,15)68-117(9,10)11)61-60-86-97(66-101(110(88)113(86)109)128-83-50-34-75(35-51-83)73(8)63-70(3)4)120(78-40-44-80(45-41-78)121-93-24-16-20-28-102(93)130-103-29-21-17-25-94(103)121)79-42-46-81(47-43-79)122-95-26-18-22-30-104(95)131-105-31-23-19-27-96(105)122/h16-66H,1,3,5,67-68H2,2,4,6-15H3/b72-62+,73-63+. The molecule has 3 aliphatic heterocycles. The summed E-state index contributed by atoms with van der Waals surface area (Å²) in [5.41, 5.74) is 18.6. The molecule has 10 nitrogen and oxygen atoms in total. The maximum Gasteiger partial charge on any atom is 0.346 e. The highest BCUT2D eigenvalue weighted by molar-refractivity contribution is 8.00. The number of fused-ring (bicyclic) bond motifs is 8. The second kappa shape index (κ2) is 32.3. The van der Waals surface area contributed by atoms with E-state index in [1.807, 2.05) is 50.2 Å². The van der Waals surface area contributed by atoms with Gasteiger partial charge < -0.3 is 38.4 Å². The van der Waals surface area contributed by atoms with E-state index >= 15 is 0 Å². The normalized spacial score (nSPS) is 13.4. The van der Waals surface area contributed by atoms with E-state index in [0.717, 1.165) is 162 Å². The Morgan fingerprint density at radius 3 is 1.08 bits per heavy atom. The Morgan fingerprint density at radius 1 is 0.359 bits per heavy atom. The first-order valence-electron chi connectivity index (χ1n) is 44.6. The molecule has 0 unspecified atom stereocenters. The van der Waals surface area contributed by atoms with E-state index in [1.54, 1.807) is 35.7 Å². The second-order valence-electron chi connectivity index (χ2n) is 37.8. The van der Waals surface area contributed by atoms with Crippen LogP contribution in [0.2, 0.25) is 0 Å². The first-order chi connectivity index (χ1) is 63.1. The molecule has 0 saturated carbocycles. The maximum atomic E-state index is 14.8. The highest BCUT2D eigenvalue weighted by Gasteiger charge is 2.38. The summed E-state index contributed by atoms with van der Waals surface area (Å²) in [5.74, 6) is 2.73. The Labute approximate surface area is 772 Å². The van der Waals surface area contributed by atoms with Gasteiger partial charge in [0.15, 0.2) is 0 Å². The predicted octanol–water partition coefficient (Wildman–Crippen LogP) is 35.4. The van der Waals surface area contributed by atoms with Crippen molar-refractivity contribution in [2.24, 2.45) is 5.41 Å². The van der Waals surface area contributed by atoms with Gasteiger partial charge in [-0.2, -0.15) is 0 Å². The van der Waals surface area contributed by atoms with Crippen molar-refractivity contribution in [3.8, 4) is 46.0 Å². The van der Waals surface area contributed by atoms with Gasteiger partial charge in [-0.15, -0.1) is 6.58 Å². The molecule has 0 fully saturated rings. The number of anilines is 9. The molecule has 21 rings (SSSR count). The number of allylic oxidation sites excluding steroid dienone is 7. The zero-order valence-corrected chi connectivity index (χ0v) is 77.1. The smallest absolute Gasteiger partial charge is 0.346 e. The van der Waals surface area contributed by atoms with Gasteiger partial charge in [0.2, 0.25) is 0 Å². The molecule has 0 N–H and O–H groups in total. The zero-order chi connectivity index (χ0) is 90.4. The van der Waals surface area contributed by atoms with Crippen LogP contribution in [0.15, 0.2) is 365 Å². The number of ether oxygens (including phenoxy) is 5. The first kappa shape index (κ1) is 83.4. The van der Waals surface area contributed by atoms with Crippen molar-refractivity contribution in [3.05, 3.63) is 379 Å². The van der Waals surface area contributed by atoms with Crippen molar-refractivity contribution < 1.29 is 33.3 Å². The van der Waals surface area contributed by atoms with Gasteiger partial charge in [-0.05, 0) is 299 Å². The van der Waals surface area contributed by atoms with E-state index in [-0.39, 0.29) is 27.4 Å². The fraction of sp³-hybridized carbons (Fsp3) is 0.143. The molecule has 3 aliphatic rings. The van der Waals surface area contributed by atoms with Crippen LogP contribution in [0.4, 0.5) is 51.2 Å². The van der Waals surface area contributed by atoms with Gasteiger partial charge >= 0.3 is 11.9 Å². The number of cyclic esters (lactones) is 2. The average molecular weight is 1750 g/mol. The summed E-state index contributed by atoms with van der Waals surface area (Å²) in [6.45, 7) is 38.9. The Kier molecular flexibility index (Phi) is 20.5. The van der Waals surface area contributed by atoms with Crippen LogP contribution in [0.25, 0.3) is 86.6 Å². The molecule has 18 aromatic carbocycles. The fourth-order valence-corrected chi connectivity index (χ4v) is 22.7. The summed E-state index contributed by atoms with van der Waals surface area (Å²) < 4.78 is 36.0. The van der Waals surface area contributed by atoms with E-state index < -0.39 is 11.9 Å². The molecule has 642 valence electrons. The number of carbonyl (C=O) groups is 2. The summed E-state index contributed by atoms with van der Waals surface area (Å²) in [7, 11) is 0. The summed E-state index contributed by atoms with van der Waals surface area (Å²) in [4.78, 5) is 41.5. The van der Waals surface area contributed by atoms with Gasteiger partial charge in [0.05, 0.1) is 39.6 Å². The molecule has 0 saturated heterocycles. The largest absolute Gasteiger partial charge is 0.457 e. The minimum atomic E-state index is -0.783. The lowest BCUT2D eigenvalue weighted by Crippen LogP contribution is -2.24. The van der Waals surface area contributed by atoms with Crippen LogP contribution in [0.1, 0.15) is 139 Å². The Hall–Kier alpha value is -14.6. The molecule has 0 atom stereocenters. The van der Waals surface area contributed by atoms with Crippen LogP contribution in [0, 0.1) is 5.41 Å². The quantitative estimate of drug-likeness (QED) is 0.0162. The number of rotatable bonds is 22. The average Bonchev–Trinajstić information content (AvgIpc) is 0.671. The lowest BCUT2D eigenvalue weighted by molar-refractivity contribution is 0.0390. The van der Waals surface area contributed by atoms with Crippen molar-refractivity contribution in [2.75, 3.05) is 14.7 Å². The third kappa shape index (κ3) is 14.9. The summed E-state index contributed by atoms with van der Waals surface area (Å²) in [5, 5.41) is 11.0. The number of para-hydroxylation sites is 4. The number of carbonyl (C=O) groups excluding carboxylic acids is 2. The summed E-state index contributed by atoms with van der Waals surface area (Å²) >= 11 is 3.58. The van der Waals surface area contributed by atoms with Crippen molar-refractivity contribution in [3.63, 3.8) is 0 Å². The lowest BCUT2D eigenvalue weighted by Gasteiger charge is -2.34. The van der Waals surface area contributed by atoms with Crippen molar-refractivity contribution >= 4 is 173 Å². The van der Waals surface area contributed by atoms with Crippen molar-refractivity contribution in [1.29, 1.82) is 0 Å². The third-order valence-corrected chi connectivity index (χ3v) is 27.9. The van der Waals surface area contributed by atoms with Gasteiger partial charge in [0.1, 0.15) is 46.0 Å². The van der Waals surface area contributed by atoms with E-state index in [9.17, 15) is 9.59 Å². The van der Waals surface area contributed by atoms with Crippen LogP contribution < -0.4 is 33.6 Å². The molecule has 18 aromatic rings. The molecular weight excluding hydrogens is 1650 g/mol. The number of nitrogens with zero attached hydrogens (tertiary/aromatic N) is 3. The van der Waals surface area contributed by atoms with Crippen LogP contribution in [-0.2, 0) is 15.6 Å². The number of hydrogen-bond donors (Lipinski definition) is 0. The highest BCUT2D eigenvalue weighted by Crippen LogP contribution is 2.61. The Bertz CT molecular complexity index is 7620. The van der Waals surface area contributed by atoms with Crippen LogP contribution >= 0.6 is 23.5 Å². The van der Waals surface area contributed by atoms with Crippen LogP contribution in [0.3, 0.4) is 0 Å². The van der Waals surface area contributed by atoms with Crippen LogP contribution in [-0.4, -0.2) is 11.9 Å². The fourth-order valence-electron chi connectivity index (χ4n) is 20.6. The molecule has 0 aliphatic carbocycles. The lowest BCUT2D eigenvalue weighted by atomic mass is 9.72. The number of hydrogen-bond acceptors (Lipinski definition) is 12. The highest BCUT2D eigenvalue weighted by atomic mass is 32.2. The predicted molar refractivity (Wildman–Crippen MR) is 546 cm³/mol. The molecule has 0 amide bonds. The first-order valence-corrected chi connectivity index (χ1v) is 46.2. The Balaban J connectivity index is 0.869. The third-order valence-electron chi connectivity index (χ3n) is 25.7. The molecule has 131 heavy (non-hydrogen) atoms. The molecule has 3 heterocycles. The molecule has 0 radical (unpaired) electrons. The second-order valence-corrected chi connectivity index (χ2v) is 40.0. The summed E-state index contributed by atoms with van der Waals surface area (Å²) in [6.07, 6.45) is 5.91. The molecule has 12 heteroatoms. The Morgan fingerprint density at radius 2 is 0.702 bits per heavy atom. The SMILES string of the molecule is C=C(C)/C=C(\C)c1ccc(Oc2cc(N(c3ccc(N4c5ccccc5Sc5ccccc54)cc3)c3ccc(N4c5ccccc5Sc5ccccc54)cc3)c3ccc(Oc4ccc(C(C)(C)CC(C)(C)C)cc4)c4c5ccc6c7c(Oc8ccc(/C(C)=C/C(=C)C)cc8)cc8c9c(cc(Oc%10ccc(C(C)(C)CC(=C)C)cc%10)c(c%10ccc(c2c34)c5c6%10)c97)C(=O)OC8=O)cc1. The summed E-state index contributed by atoms with van der Waals surface area (Å²) in [6, 6.07) is 105. The van der Waals surface area contributed by atoms with E-state index in [4.69, 9.17) is 23.7 Å². The van der Waals surface area contributed by atoms with Gasteiger partial charge in [0.25, 0.3) is 0 Å². The number of benzene rings is 18. The molecule has 0 bridgehead atoms. The van der Waals surface area contributed by atoms with Crippen molar-refractivity contribution in [2.45, 2.75) is 126 Å².